The monoisotopic (exact) mass is 432 g/mol. The van der Waals surface area contributed by atoms with Crippen molar-refractivity contribution in [1.29, 1.82) is 0 Å². The summed E-state index contributed by atoms with van der Waals surface area (Å²) in [7, 11) is 0. The van der Waals surface area contributed by atoms with E-state index in [0.29, 0.717) is 27.5 Å². The first-order valence-electron chi connectivity index (χ1n) is 8.83. The standard InChI is InChI=1S/C19H20N4O4S2/c1-9-5-6-13(23(26)27)7-14(9)20-17(24)12(4)28-8-15-21-18(25)16-10(2)11(3)29-19(16)22-15/h5-7,12H,8H2,1-4H3,(H,20,24)(H,21,22,25). The summed E-state index contributed by atoms with van der Waals surface area (Å²) in [4.78, 5) is 44.3. The highest BCUT2D eigenvalue weighted by atomic mass is 32.2. The number of nitro benzene ring substituents is 1. The Hall–Kier alpha value is -2.72. The molecule has 8 nitrogen and oxygen atoms in total. The molecule has 0 spiro atoms. The zero-order chi connectivity index (χ0) is 21.3. The van der Waals surface area contributed by atoms with Crippen LogP contribution in [0.25, 0.3) is 10.2 Å². The van der Waals surface area contributed by atoms with Gasteiger partial charge in [-0.25, -0.2) is 4.98 Å². The van der Waals surface area contributed by atoms with Crippen LogP contribution in [0.5, 0.6) is 0 Å². The van der Waals surface area contributed by atoms with Crippen molar-refractivity contribution >= 4 is 50.6 Å². The highest BCUT2D eigenvalue weighted by Gasteiger charge is 2.18. The van der Waals surface area contributed by atoms with Crippen molar-refractivity contribution in [1.82, 2.24) is 9.97 Å². The van der Waals surface area contributed by atoms with Gasteiger partial charge < -0.3 is 10.3 Å². The van der Waals surface area contributed by atoms with Crippen LogP contribution in [0.3, 0.4) is 0 Å². The minimum absolute atomic E-state index is 0.0807. The first-order valence-corrected chi connectivity index (χ1v) is 10.7. The number of carbonyl (C=O) groups excluding carboxylic acids is 1. The van der Waals surface area contributed by atoms with Crippen LogP contribution >= 0.6 is 23.1 Å². The zero-order valence-corrected chi connectivity index (χ0v) is 18.0. The van der Waals surface area contributed by atoms with Gasteiger partial charge in [-0.1, -0.05) is 6.07 Å². The molecule has 10 heteroatoms. The number of rotatable bonds is 6. The van der Waals surface area contributed by atoms with Crippen LogP contribution in [0.15, 0.2) is 23.0 Å². The van der Waals surface area contributed by atoms with Gasteiger partial charge in [-0.3, -0.25) is 19.7 Å². The summed E-state index contributed by atoms with van der Waals surface area (Å²) in [6, 6.07) is 4.34. The lowest BCUT2D eigenvalue weighted by Crippen LogP contribution is -2.23. The van der Waals surface area contributed by atoms with Crippen LogP contribution < -0.4 is 10.9 Å². The highest BCUT2D eigenvalue weighted by molar-refractivity contribution is 7.99. The Labute approximate surface area is 174 Å². The SMILES string of the molecule is Cc1ccc([N+](=O)[O-])cc1NC(=O)C(C)SCc1nc2sc(C)c(C)c2c(=O)[nH]1. The number of nitro groups is 1. The average molecular weight is 433 g/mol. The number of carbonyl (C=O) groups is 1. The van der Waals surface area contributed by atoms with Gasteiger partial charge in [-0.15, -0.1) is 23.1 Å². The highest BCUT2D eigenvalue weighted by Crippen LogP contribution is 2.27. The molecular formula is C19H20N4O4S2. The molecule has 1 amide bonds. The summed E-state index contributed by atoms with van der Waals surface area (Å²) in [5.41, 5.74) is 1.84. The van der Waals surface area contributed by atoms with Gasteiger partial charge in [-0.2, -0.15) is 0 Å². The van der Waals surface area contributed by atoms with Gasteiger partial charge in [0.2, 0.25) is 5.91 Å². The van der Waals surface area contributed by atoms with E-state index in [4.69, 9.17) is 0 Å². The number of nitrogens with zero attached hydrogens (tertiary/aromatic N) is 2. The second-order valence-corrected chi connectivity index (χ2v) is 9.21. The molecule has 2 aromatic heterocycles. The van der Waals surface area contributed by atoms with Crippen LogP contribution in [0.4, 0.5) is 11.4 Å². The molecule has 3 aromatic rings. The molecule has 1 aromatic carbocycles. The van der Waals surface area contributed by atoms with Crippen LogP contribution in [-0.4, -0.2) is 26.0 Å². The Morgan fingerprint density at radius 3 is 2.79 bits per heavy atom. The van der Waals surface area contributed by atoms with Crippen LogP contribution in [0, 0.1) is 30.9 Å². The summed E-state index contributed by atoms with van der Waals surface area (Å²) in [5.74, 6) is 0.605. The minimum atomic E-state index is -0.501. The lowest BCUT2D eigenvalue weighted by Gasteiger charge is -2.13. The number of hydrogen-bond acceptors (Lipinski definition) is 7. The van der Waals surface area contributed by atoms with Gasteiger partial charge in [0.15, 0.2) is 0 Å². The lowest BCUT2D eigenvalue weighted by atomic mass is 10.2. The molecule has 2 N–H and O–H groups in total. The number of thiophene rings is 1. The number of benzene rings is 1. The number of thioether (sulfide) groups is 1. The lowest BCUT2D eigenvalue weighted by molar-refractivity contribution is -0.384. The fraction of sp³-hybridized carbons (Fsp3) is 0.316. The smallest absolute Gasteiger partial charge is 0.271 e. The van der Waals surface area contributed by atoms with Gasteiger partial charge in [0, 0.05) is 17.0 Å². The van der Waals surface area contributed by atoms with Gasteiger partial charge >= 0.3 is 0 Å². The normalized spacial score (nSPS) is 12.1. The number of anilines is 1. The molecule has 1 atom stereocenters. The number of aryl methyl sites for hydroxylation is 3. The van der Waals surface area contributed by atoms with E-state index in [1.165, 1.54) is 35.2 Å². The van der Waals surface area contributed by atoms with E-state index in [2.05, 4.69) is 15.3 Å². The molecule has 152 valence electrons. The molecule has 0 saturated carbocycles. The molecule has 0 radical (unpaired) electrons. The van der Waals surface area contributed by atoms with Crippen LogP contribution in [-0.2, 0) is 10.5 Å². The van der Waals surface area contributed by atoms with E-state index in [0.717, 1.165) is 16.0 Å². The third-order valence-electron chi connectivity index (χ3n) is 4.62. The number of aromatic nitrogens is 2. The molecule has 0 fully saturated rings. The first-order chi connectivity index (χ1) is 13.7. The molecule has 0 saturated heterocycles. The Morgan fingerprint density at radius 1 is 1.38 bits per heavy atom. The first kappa shape index (κ1) is 21.0. The minimum Gasteiger partial charge on any atom is -0.325 e. The number of amides is 1. The Kier molecular flexibility index (Phi) is 6.04. The summed E-state index contributed by atoms with van der Waals surface area (Å²) in [6.45, 7) is 7.37. The molecular weight excluding hydrogens is 412 g/mol. The number of hydrogen-bond donors (Lipinski definition) is 2. The third kappa shape index (κ3) is 4.48. The van der Waals surface area contributed by atoms with Crippen molar-refractivity contribution in [2.24, 2.45) is 0 Å². The number of nitrogens with one attached hydrogen (secondary N) is 2. The van der Waals surface area contributed by atoms with Gasteiger partial charge in [0.05, 0.1) is 27.0 Å². The molecule has 0 aliphatic carbocycles. The molecule has 2 heterocycles. The Morgan fingerprint density at radius 2 is 2.10 bits per heavy atom. The second kappa shape index (κ2) is 8.34. The largest absolute Gasteiger partial charge is 0.325 e. The number of non-ortho nitro benzene ring substituents is 1. The van der Waals surface area contributed by atoms with E-state index < -0.39 is 10.2 Å². The van der Waals surface area contributed by atoms with Gasteiger partial charge in [0.25, 0.3) is 11.2 Å². The van der Waals surface area contributed by atoms with Gasteiger partial charge in [0.1, 0.15) is 10.7 Å². The van der Waals surface area contributed by atoms with Gasteiger partial charge in [-0.05, 0) is 38.8 Å². The van der Waals surface area contributed by atoms with Crippen molar-refractivity contribution in [2.75, 3.05) is 5.32 Å². The molecule has 0 bridgehead atoms. The Balaban J connectivity index is 1.69. The maximum Gasteiger partial charge on any atom is 0.271 e. The number of aromatic amines is 1. The van der Waals surface area contributed by atoms with E-state index in [9.17, 15) is 19.7 Å². The number of H-pyrrole nitrogens is 1. The average Bonchev–Trinajstić information content (AvgIpc) is 2.95. The van der Waals surface area contributed by atoms with Crippen LogP contribution in [0.2, 0.25) is 0 Å². The summed E-state index contributed by atoms with van der Waals surface area (Å²) in [6.07, 6.45) is 0. The summed E-state index contributed by atoms with van der Waals surface area (Å²) < 4.78 is 0. The van der Waals surface area contributed by atoms with Crippen molar-refractivity contribution in [3.05, 3.63) is 60.5 Å². The van der Waals surface area contributed by atoms with E-state index in [1.807, 2.05) is 13.8 Å². The molecule has 0 aliphatic heterocycles. The predicted molar refractivity (Wildman–Crippen MR) is 117 cm³/mol. The van der Waals surface area contributed by atoms with Crippen molar-refractivity contribution in [3.63, 3.8) is 0 Å². The second-order valence-electron chi connectivity index (χ2n) is 6.67. The number of fused-ring (bicyclic) bond motifs is 1. The molecule has 1 unspecified atom stereocenters. The summed E-state index contributed by atoms with van der Waals surface area (Å²) in [5, 5.41) is 13.9. The van der Waals surface area contributed by atoms with E-state index in [-0.39, 0.29) is 17.2 Å². The van der Waals surface area contributed by atoms with E-state index in [1.54, 1.807) is 19.9 Å². The van der Waals surface area contributed by atoms with Crippen LogP contribution in [0.1, 0.15) is 28.8 Å². The molecule has 0 aliphatic rings. The van der Waals surface area contributed by atoms with Crippen molar-refractivity contribution in [2.45, 2.75) is 38.7 Å². The fourth-order valence-electron chi connectivity index (χ4n) is 2.74. The molecule has 3 rings (SSSR count). The topological polar surface area (TPSA) is 118 Å². The maximum absolute atomic E-state index is 12.5. The zero-order valence-electron chi connectivity index (χ0n) is 16.4. The predicted octanol–water partition coefficient (Wildman–Crippen LogP) is 4.08. The van der Waals surface area contributed by atoms with Crippen molar-refractivity contribution < 1.29 is 9.72 Å². The van der Waals surface area contributed by atoms with Crippen molar-refractivity contribution in [3.8, 4) is 0 Å². The summed E-state index contributed by atoms with van der Waals surface area (Å²) >= 11 is 2.81. The fourth-order valence-corrected chi connectivity index (χ4v) is 4.54. The third-order valence-corrected chi connectivity index (χ3v) is 6.87. The molecule has 29 heavy (non-hydrogen) atoms. The van der Waals surface area contributed by atoms with E-state index >= 15 is 0 Å². The quantitative estimate of drug-likeness (QED) is 0.448. The maximum atomic E-state index is 12.5. The Bertz CT molecular complexity index is 1170.